The molecule has 2 aliphatic rings. The molecule has 1 aromatic carbocycles. The van der Waals surface area contributed by atoms with E-state index in [1.807, 2.05) is 11.0 Å². The second-order valence-electron chi connectivity index (χ2n) is 7.93. The molecule has 2 aliphatic heterocycles. The number of piperazine rings is 1. The van der Waals surface area contributed by atoms with Crippen LogP contribution in [0.3, 0.4) is 0 Å². The summed E-state index contributed by atoms with van der Waals surface area (Å²) in [4.78, 5) is 38.7. The maximum Gasteiger partial charge on any atom is 0.256 e. The first-order valence-corrected chi connectivity index (χ1v) is 11.8. The van der Waals surface area contributed by atoms with Crippen molar-refractivity contribution in [2.24, 2.45) is 0 Å². The van der Waals surface area contributed by atoms with E-state index in [0.717, 1.165) is 37.2 Å². The Morgan fingerprint density at radius 2 is 1.97 bits per heavy atom. The Morgan fingerprint density at radius 1 is 1.19 bits per heavy atom. The molecule has 166 valence electrons. The molecule has 31 heavy (non-hydrogen) atoms. The Balaban J connectivity index is 1.31. The third-order valence-corrected chi connectivity index (χ3v) is 6.68. The van der Waals surface area contributed by atoms with Crippen LogP contribution in [0.4, 0.5) is 10.1 Å². The largest absolute Gasteiger partial charge is 0.366 e. The molecule has 1 fully saturated rings. The zero-order valence-electron chi connectivity index (χ0n) is 17.8. The predicted octanol–water partition coefficient (Wildman–Crippen LogP) is 2.12. The van der Waals surface area contributed by atoms with Gasteiger partial charge in [-0.25, -0.2) is 9.37 Å². The van der Waals surface area contributed by atoms with Gasteiger partial charge in [0.05, 0.1) is 22.7 Å². The van der Waals surface area contributed by atoms with Crippen molar-refractivity contribution in [1.29, 1.82) is 0 Å². The number of hydrogen-bond donors (Lipinski definition) is 1. The van der Waals surface area contributed by atoms with Crippen LogP contribution in [0.25, 0.3) is 0 Å². The summed E-state index contributed by atoms with van der Waals surface area (Å²) < 4.78 is 14.0. The number of thioether (sulfide) groups is 1. The normalized spacial score (nSPS) is 17.0. The van der Waals surface area contributed by atoms with Crippen LogP contribution in [-0.2, 0) is 17.8 Å². The number of nitrogens with zero attached hydrogens (tertiary/aromatic N) is 4. The lowest BCUT2D eigenvalue weighted by atomic mass is 10.1. The second-order valence-corrected chi connectivity index (χ2v) is 8.89. The Kier molecular flexibility index (Phi) is 6.92. The van der Waals surface area contributed by atoms with Crippen LogP contribution in [0.1, 0.15) is 24.6 Å². The van der Waals surface area contributed by atoms with E-state index in [2.05, 4.69) is 21.8 Å². The molecule has 1 aromatic heterocycles. The number of nitrogens with one attached hydrogen (secondary N) is 1. The van der Waals surface area contributed by atoms with Crippen LogP contribution in [0.2, 0.25) is 0 Å². The van der Waals surface area contributed by atoms with Crippen LogP contribution in [0.5, 0.6) is 0 Å². The van der Waals surface area contributed by atoms with Crippen molar-refractivity contribution >= 4 is 23.4 Å². The van der Waals surface area contributed by atoms with Crippen LogP contribution in [-0.4, -0.2) is 70.7 Å². The summed E-state index contributed by atoms with van der Waals surface area (Å²) in [5, 5.41) is 0.506. The minimum absolute atomic E-state index is 0.00711. The van der Waals surface area contributed by atoms with E-state index in [1.54, 1.807) is 17.0 Å². The van der Waals surface area contributed by atoms with E-state index in [1.165, 1.54) is 17.8 Å². The van der Waals surface area contributed by atoms with Crippen LogP contribution >= 0.6 is 11.8 Å². The molecular formula is C22H28FN5O2S. The zero-order valence-corrected chi connectivity index (χ0v) is 18.6. The Labute approximate surface area is 185 Å². The van der Waals surface area contributed by atoms with Crippen LogP contribution in [0.15, 0.2) is 34.2 Å². The molecule has 0 bridgehead atoms. The highest BCUT2D eigenvalue weighted by molar-refractivity contribution is 7.99. The average molecular weight is 446 g/mol. The molecule has 0 atom stereocenters. The molecule has 3 heterocycles. The van der Waals surface area contributed by atoms with Gasteiger partial charge in [0.15, 0.2) is 5.16 Å². The third-order valence-electron chi connectivity index (χ3n) is 5.82. The van der Waals surface area contributed by atoms with Crippen molar-refractivity contribution in [2.75, 3.05) is 49.9 Å². The van der Waals surface area contributed by atoms with Gasteiger partial charge in [-0.2, -0.15) is 0 Å². The quantitative estimate of drug-likeness (QED) is 0.543. The number of fused-ring (bicyclic) bond motifs is 1. The predicted molar refractivity (Wildman–Crippen MR) is 120 cm³/mol. The van der Waals surface area contributed by atoms with E-state index in [-0.39, 0.29) is 23.0 Å². The third kappa shape index (κ3) is 5.10. The maximum atomic E-state index is 14.0. The summed E-state index contributed by atoms with van der Waals surface area (Å²) in [6, 6.07) is 6.72. The topological polar surface area (TPSA) is 72.5 Å². The van der Waals surface area contributed by atoms with Gasteiger partial charge in [0, 0.05) is 45.7 Å². The van der Waals surface area contributed by atoms with Crippen LogP contribution in [0, 0.1) is 5.82 Å². The molecule has 0 spiro atoms. The van der Waals surface area contributed by atoms with Gasteiger partial charge in [-0.1, -0.05) is 30.8 Å². The number of carbonyl (C=O) groups excluding carboxylic acids is 1. The van der Waals surface area contributed by atoms with Gasteiger partial charge in [-0.05, 0) is 25.1 Å². The lowest BCUT2D eigenvalue weighted by Gasteiger charge is -2.36. The Bertz CT molecular complexity index is 990. The van der Waals surface area contributed by atoms with E-state index in [9.17, 15) is 14.0 Å². The fourth-order valence-electron chi connectivity index (χ4n) is 4.16. The highest BCUT2D eigenvalue weighted by Crippen LogP contribution is 2.21. The first kappa shape index (κ1) is 21.8. The zero-order chi connectivity index (χ0) is 21.8. The maximum absolute atomic E-state index is 14.0. The molecule has 1 N–H and O–H groups in total. The number of H-pyrrole nitrogens is 1. The fourth-order valence-corrected chi connectivity index (χ4v) is 4.94. The molecule has 7 nitrogen and oxygen atoms in total. The number of rotatable bonds is 6. The number of anilines is 1. The van der Waals surface area contributed by atoms with Gasteiger partial charge in [-0.15, -0.1) is 0 Å². The molecule has 4 rings (SSSR count). The molecule has 0 radical (unpaired) electrons. The van der Waals surface area contributed by atoms with Crippen molar-refractivity contribution < 1.29 is 9.18 Å². The first-order valence-electron chi connectivity index (χ1n) is 10.8. The number of para-hydroxylation sites is 1. The van der Waals surface area contributed by atoms with E-state index >= 15 is 0 Å². The number of hydrogen-bond acceptors (Lipinski definition) is 6. The standard InChI is InChI=1S/C22H28FN5O2S/c1-2-8-26-9-7-18-16(14-26)21(30)25-22(24-18)31-15-20(29)28-12-10-27(11-13-28)19-6-4-3-5-17(19)23/h3-6H,2,7-15H2,1H3,(H,24,25,30). The van der Waals surface area contributed by atoms with E-state index < -0.39 is 0 Å². The van der Waals surface area contributed by atoms with Crippen LogP contribution < -0.4 is 10.5 Å². The van der Waals surface area contributed by atoms with Gasteiger partial charge >= 0.3 is 0 Å². The van der Waals surface area contributed by atoms with Crippen molar-refractivity contribution in [3.8, 4) is 0 Å². The number of benzene rings is 1. The van der Waals surface area contributed by atoms with Gasteiger partial charge < -0.3 is 14.8 Å². The first-order chi connectivity index (χ1) is 15.0. The molecule has 1 amide bonds. The summed E-state index contributed by atoms with van der Waals surface area (Å²) in [7, 11) is 0. The number of halogens is 1. The smallest absolute Gasteiger partial charge is 0.256 e. The van der Waals surface area contributed by atoms with Crippen molar-refractivity contribution in [3.63, 3.8) is 0 Å². The SMILES string of the molecule is CCCN1CCc2nc(SCC(=O)N3CCN(c4ccccc4F)CC3)[nH]c(=O)c2C1. The number of amides is 1. The molecule has 9 heteroatoms. The number of aromatic nitrogens is 2. The number of aromatic amines is 1. The van der Waals surface area contributed by atoms with Gasteiger partial charge in [0.2, 0.25) is 5.91 Å². The molecular weight excluding hydrogens is 417 g/mol. The van der Waals surface area contributed by atoms with Gasteiger partial charge in [0.1, 0.15) is 5.82 Å². The Morgan fingerprint density at radius 3 is 2.71 bits per heavy atom. The average Bonchev–Trinajstić information content (AvgIpc) is 2.78. The summed E-state index contributed by atoms with van der Waals surface area (Å²) in [6.07, 6.45) is 1.82. The summed E-state index contributed by atoms with van der Waals surface area (Å²) >= 11 is 1.27. The fraction of sp³-hybridized carbons (Fsp3) is 0.500. The Hall–Kier alpha value is -2.39. The lowest BCUT2D eigenvalue weighted by Crippen LogP contribution is -2.49. The molecule has 0 aliphatic carbocycles. The van der Waals surface area contributed by atoms with Crippen molar-refractivity contribution in [3.05, 3.63) is 51.7 Å². The van der Waals surface area contributed by atoms with Crippen molar-refractivity contribution in [1.82, 2.24) is 19.8 Å². The van der Waals surface area contributed by atoms with E-state index in [4.69, 9.17) is 0 Å². The monoisotopic (exact) mass is 445 g/mol. The summed E-state index contributed by atoms with van der Waals surface area (Å²) in [5.74, 6) is -0.00520. The minimum atomic E-state index is -0.238. The number of carbonyl (C=O) groups is 1. The van der Waals surface area contributed by atoms with Gasteiger partial charge in [-0.3, -0.25) is 14.5 Å². The molecule has 2 aromatic rings. The second kappa shape index (κ2) is 9.82. The molecule has 0 unspecified atom stereocenters. The van der Waals surface area contributed by atoms with Crippen molar-refractivity contribution in [2.45, 2.75) is 31.5 Å². The van der Waals surface area contributed by atoms with Gasteiger partial charge in [0.25, 0.3) is 5.56 Å². The highest BCUT2D eigenvalue weighted by atomic mass is 32.2. The molecule has 0 saturated carbocycles. The molecule has 1 saturated heterocycles. The summed E-state index contributed by atoms with van der Waals surface area (Å²) in [5.41, 5.74) is 2.08. The lowest BCUT2D eigenvalue weighted by molar-refractivity contribution is -0.128. The van der Waals surface area contributed by atoms with E-state index in [0.29, 0.717) is 43.6 Å². The summed E-state index contributed by atoms with van der Waals surface area (Å²) in [6.45, 7) is 6.96. The highest BCUT2D eigenvalue weighted by Gasteiger charge is 2.24. The minimum Gasteiger partial charge on any atom is -0.366 e.